The highest BCUT2D eigenvalue weighted by Gasteiger charge is 2.33. The van der Waals surface area contributed by atoms with Crippen molar-refractivity contribution in [3.05, 3.63) is 84.2 Å². The van der Waals surface area contributed by atoms with Crippen molar-refractivity contribution in [2.24, 2.45) is 17.8 Å². The Morgan fingerprint density at radius 2 is 1.62 bits per heavy atom. The first-order valence-electron chi connectivity index (χ1n) is 19.0. The average molecular weight is 732 g/mol. The molecule has 1 fully saturated rings. The predicted molar refractivity (Wildman–Crippen MR) is 201 cm³/mol. The van der Waals surface area contributed by atoms with E-state index < -0.39 is 42.1 Å². The predicted octanol–water partition coefficient (Wildman–Crippen LogP) is 4.68. The first-order valence-corrected chi connectivity index (χ1v) is 19.0. The molecule has 0 unspecified atom stereocenters. The van der Waals surface area contributed by atoms with E-state index in [9.17, 15) is 29.4 Å². The molecule has 0 aliphatic heterocycles. The number of carboxylic acid groups (broad SMARTS) is 1. The number of rotatable bonds is 21. The summed E-state index contributed by atoms with van der Waals surface area (Å²) in [6.45, 7) is 4.60. The van der Waals surface area contributed by atoms with Gasteiger partial charge in [-0.1, -0.05) is 82.3 Å². The van der Waals surface area contributed by atoms with E-state index in [1.165, 1.54) is 12.7 Å². The summed E-state index contributed by atoms with van der Waals surface area (Å²) in [4.78, 5) is 63.3. The van der Waals surface area contributed by atoms with E-state index in [0.717, 1.165) is 43.4 Å². The van der Waals surface area contributed by atoms with Crippen LogP contribution in [0.1, 0.15) is 95.0 Å². The molecule has 0 spiro atoms. The van der Waals surface area contributed by atoms with Crippen molar-refractivity contribution >= 4 is 23.8 Å². The molecular weight excluding hydrogens is 674 g/mol. The summed E-state index contributed by atoms with van der Waals surface area (Å²) in [5.41, 5.74) is 2.17. The number of aromatic nitrogens is 3. The number of nitrogens with zero attached hydrogens (tertiary/aromatic N) is 2. The van der Waals surface area contributed by atoms with Crippen LogP contribution >= 0.6 is 0 Å². The second-order valence-electron chi connectivity index (χ2n) is 14.7. The Hall–Kier alpha value is -4.78. The fourth-order valence-corrected chi connectivity index (χ4v) is 7.19. The number of H-pyrrole nitrogens is 1. The normalized spacial score (nSPS) is 16.2. The zero-order valence-electron chi connectivity index (χ0n) is 31.0. The summed E-state index contributed by atoms with van der Waals surface area (Å²) < 4.78 is 0. The van der Waals surface area contributed by atoms with Crippen LogP contribution in [0.2, 0.25) is 0 Å². The van der Waals surface area contributed by atoms with Crippen LogP contribution in [0.15, 0.2) is 67.3 Å². The van der Waals surface area contributed by atoms with E-state index in [-0.39, 0.29) is 30.6 Å². The number of benzene rings is 1. The first kappa shape index (κ1) is 41.0. The highest BCUT2D eigenvalue weighted by molar-refractivity contribution is 5.91. The maximum atomic E-state index is 14.1. The van der Waals surface area contributed by atoms with Gasteiger partial charge in [0.1, 0.15) is 12.1 Å². The summed E-state index contributed by atoms with van der Waals surface area (Å²) >= 11 is 0. The maximum Gasteiger partial charge on any atom is 0.405 e. The maximum absolute atomic E-state index is 14.1. The van der Waals surface area contributed by atoms with E-state index in [1.54, 1.807) is 24.5 Å². The summed E-state index contributed by atoms with van der Waals surface area (Å²) in [5, 5.41) is 32.5. The zero-order valence-corrected chi connectivity index (χ0v) is 31.0. The Labute approximate surface area is 312 Å². The van der Waals surface area contributed by atoms with Gasteiger partial charge in [0, 0.05) is 37.4 Å². The molecule has 0 bridgehead atoms. The number of amides is 4. The smallest absolute Gasteiger partial charge is 0.405 e. The molecule has 7 N–H and O–H groups in total. The van der Waals surface area contributed by atoms with Gasteiger partial charge >= 0.3 is 6.09 Å². The minimum atomic E-state index is -1.35. The van der Waals surface area contributed by atoms with Gasteiger partial charge < -0.3 is 36.5 Å². The molecular formula is C40H57N7O6. The largest absolute Gasteiger partial charge is 0.465 e. The van der Waals surface area contributed by atoms with E-state index in [0.29, 0.717) is 43.8 Å². The summed E-state index contributed by atoms with van der Waals surface area (Å²) in [6, 6.07) is 11.9. The molecule has 13 nitrogen and oxygen atoms in total. The molecule has 4 amide bonds. The van der Waals surface area contributed by atoms with Crippen molar-refractivity contribution in [2.75, 3.05) is 0 Å². The van der Waals surface area contributed by atoms with Crippen LogP contribution in [0.4, 0.5) is 4.79 Å². The minimum Gasteiger partial charge on any atom is -0.465 e. The lowest BCUT2D eigenvalue weighted by molar-refractivity contribution is -0.131. The Balaban J connectivity index is 1.44. The van der Waals surface area contributed by atoms with Crippen LogP contribution in [-0.2, 0) is 33.8 Å². The number of pyridine rings is 1. The molecule has 1 saturated carbocycles. The van der Waals surface area contributed by atoms with Gasteiger partial charge in [0.05, 0.1) is 30.7 Å². The topological polar surface area (TPSA) is 198 Å². The molecule has 53 heavy (non-hydrogen) atoms. The van der Waals surface area contributed by atoms with E-state index >= 15 is 0 Å². The number of aliphatic hydroxyl groups is 1. The zero-order chi connectivity index (χ0) is 38.0. The minimum absolute atomic E-state index is 0.0453. The first-order chi connectivity index (χ1) is 25.6. The SMILES string of the molecule is CC(C)[C@@H](CCCC(=O)NCc1ccccn1)C[C@H](O)[C@H](CC1CCCCC1)NC(=O)[C@H](Cc1cnc[nH]1)NC(=O)[C@H](Cc1ccccc1)NC(=O)O. The molecule has 0 radical (unpaired) electrons. The van der Waals surface area contributed by atoms with E-state index in [1.807, 2.05) is 36.4 Å². The lowest BCUT2D eigenvalue weighted by Crippen LogP contribution is -2.57. The van der Waals surface area contributed by atoms with Crippen molar-refractivity contribution in [1.29, 1.82) is 0 Å². The van der Waals surface area contributed by atoms with Crippen molar-refractivity contribution in [1.82, 2.24) is 36.2 Å². The molecule has 13 heteroatoms. The Morgan fingerprint density at radius 1 is 0.906 bits per heavy atom. The Kier molecular flexibility index (Phi) is 16.8. The van der Waals surface area contributed by atoms with Crippen molar-refractivity contribution < 1.29 is 29.4 Å². The van der Waals surface area contributed by atoms with Gasteiger partial charge in [0.2, 0.25) is 17.7 Å². The highest BCUT2D eigenvalue weighted by atomic mass is 16.4. The van der Waals surface area contributed by atoms with Gasteiger partial charge in [-0.2, -0.15) is 0 Å². The number of hydrogen-bond donors (Lipinski definition) is 7. The lowest BCUT2D eigenvalue weighted by atomic mass is 9.80. The number of aliphatic hydroxyl groups excluding tert-OH is 1. The molecule has 1 aromatic carbocycles. The van der Waals surface area contributed by atoms with Gasteiger partial charge in [-0.25, -0.2) is 9.78 Å². The fraction of sp³-hybridized carbons (Fsp3) is 0.550. The third kappa shape index (κ3) is 14.6. The van der Waals surface area contributed by atoms with Crippen LogP contribution in [0.25, 0.3) is 0 Å². The van der Waals surface area contributed by atoms with Crippen LogP contribution in [0.3, 0.4) is 0 Å². The molecule has 0 saturated heterocycles. The van der Waals surface area contributed by atoms with E-state index in [2.05, 4.69) is 50.1 Å². The van der Waals surface area contributed by atoms with Gasteiger partial charge in [0.15, 0.2) is 0 Å². The average Bonchev–Trinajstić information content (AvgIpc) is 3.67. The van der Waals surface area contributed by atoms with Crippen molar-refractivity contribution in [3.63, 3.8) is 0 Å². The number of hydrogen-bond acceptors (Lipinski definition) is 7. The number of nitrogens with one attached hydrogen (secondary N) is 5. The van der Waals surface area contributed by atoms with Gasteiger partial charge in [-0.05, 0) is 61.1 Å². The van der Waals surface area contributed by atoms with Crippen molar-refractivity contribution in [3.8, 4) is 0 Å². The fourth-order valence-electron chi connectivity index (χ4n) is 7.19. The lowest BCUT2D eigenvalue weighted by Gasteiger charge is -2.34. The monoisotopic (exact) mass is 731 g/mol. The van der Waals surface area contributed by atoms with Gasteiger partial charge in [0.25, 0.3) is 0 Å². The van der Waals surface area contributed by atoms with Crippen molar-refractivity contribution in [2.45, 2.75) is 122 Å². The summed E-state index contributed by atoms with van der Waals surface area (Å²) in [7, 11) is 0. The van der Waals surface area contributed by atoms with Gasteiger partial charge in [-0.3, -0.25) is 19.4 Å². The standard InChI is InChI=1S/C40H57N7O6/c1-27(2)30(16-11-18-37(49)43-25-31-17-9-10-19-42-31)22-36(48)33(20-28-12-5-3-6-13-28)45-39(51)35(23-32-24-41-26-44-32)46-38(50)34(47-40(52)53)21-29-14-7-4-8-15-29/h4,7-10,14-15,17,19,24,26-28,30,33-36,47-48H,3,5-6,11-13,16,18,20-23,25H2,1-2H3,(H,41,44)(H,43,49)(H,45,51)(H,46,50)(H,52,53)/t30-,33-,34-,35-,36-/m0/s1. The summed E-state index contributed by atoms with van der Waals surface area (Å²) in [6.07, 6.45) is 11.0. The number of carbonyl (C=O) groups is 4. The Morgan fingerprint density at radius 3 is 2.28 bits per heavy atom. The molecule has 1 aliphatic rings. The third-order valence-corrected chi connectivity index (χ3v) is 10.3. The van der Waals surface area contributed by atoms with Gasteiger partial charge in [-0.15, -0.1) is 0 Å². The number of carbonyl (C=O) groups excluding carboxylic acids is 3. The summed E-state index contributed by atoms with van der Waals surface area (Å²) in [5.74, 6) is -0.448. The molecule has 2 aromatic heterocycles. The Bertz CT molecular complexity index is 1530. The van der Waals surface area contributed by atoms with Crippen LogP contribution in [-0.4, -0.2) is 73.2 Å². The molecule has 1 aliphatic carbocycles. The quantitative estimate of drug-likeness (QED) is 0.0820. The van der Waals surface area contributed by atoms with E-state index in [4.69, 9.17) is 0 Å². The highest BCUT2D eigenvalue weighted by Crippen LogP contribution is 2.31. The van der Waals surface area contributed by atoms with Crippen LogP contribution < -0.4 is 21.3 Å². The number of aromatic amines is 1. The van der Waals surface area contributed by atoms with Crippen LogP contribution in [0, 0.1) is 17.8 Å². The second kappa shape index (κ2) is 21.7. The molecule has 288 valence electrons. The molecule has 5 atom stereocenters. The molecule has 4 rings (SSSR count). The second-order valence-corrected chi connectivity index (χ2v) is 14.7. The molecule has 3 aromatic rings. The molecule has 2 heterocycles. The number of imidazole rings is 1. The van der Waals surface area contributed by atoms with Crippen LogP contribution in [0.5, 0.6) is 0 Å². The third-order valence-electron chi connectivity index (χ3n) is 10.3.